The number of ether oxygens (including phenoxy) is 2. The molecule has 1 aliphatic carbocycles. The molecule has 168 valence electrons. The van der Waals surface area contributed by atoms with Crippen LogP contribution < -0.4 is 10.1 Å². The van der Waals surface area contributed by atoms with Gasteiger partial charge in [-0.15, -0.1) is 11.3 Å². The second-order valence-electron chi connectivity index (χ2n) is 8.06. The largest absolute Gasteiger partial charge is 0.489 e. The zero-order valence-electron chi connectivity index (χ0n) is 17.8. The van der Waals surface area contributed by atoms with Gasteiger partial charge in [-0.2, -0.15) is 4.31 Å². The molecule has 4 rings (SSSR count). The van der Waals surface area contributed by atoms with Crippen LogP contribution in [-0.4, -0.2) is 51.0 Å². The van der Waals surface area contributed by atoms with Gasteiger partial charge in [0.2, 0.25) is 10.0 Å². The maximum Gasteiger partial charge on any atom is 0.265 e. The van der Waals surface area contributed by atoms with Crippen LogP contribution in [0, 0.1) is 0 Å². The van der Waals surface area contributed by atoms with Crippen molar-refractivity contribution in [2.75, 3.05) is 31.6 Å². The summed E-state index contributed by atoms with van der Waals surface area (Å²) in [7, 11) is -3.68. The number of sulfonamides is 1. The molecule has 2 aliphatic rings. The van der Waals surface area contributed by atoms with Gasteiger partial charge in [-0.05, 0) is 69.4 Å². The molecular weight excluding hydrogens is 436 g/mol. The normalized spacial score (nSPS) is 17.4. The van der Waals surface area contributed by atoms with Crippen LogP contribution in [0.3, 0.4) is 0 Å². The van der Waals surface area contributed by atoms with Gasteiger partial charge in [0.1, 0.15) is 5.75 Å². The number of amides is 1. The Morgan fingerprint density at radius 3 is 2.61 bits per heavy atom. The number of carbonyl (C=O) groups excluding carboxylic acids is 1. The van der Waals surface area contributed by atoms with Crippen LogP contribution >= 0.6 is 11.3 Å². The smallest absolute Gasteiger partial charge is 0.265 e. The molecule has 0 spiro atoms. The number of carbonyl (C=O) groups is 1. The molecular formula is C22H28N2O5S2. The maximum absolute atomic E-state index is 13.1. The molecule has 1 amide bonds. The van der Waals surface area contributed by atoms with E-state index in [1.165, 1.54) is 38.2 Å². The number of nitrogens with one attached hydrogen (secondary N) is 1. The van der Waals surface area contributed by atoms with E-state index < -0.39 is 10.0 Å². The molecule has 0 unspecified atom stereocenters. The fraction of sp³-hybridized carbons (Fsp3) is 0.500. The second kappa shape index (κ2) is 9.28. The fourth-order valence-corrected chi connectivity index (χ4v) is 6.43. The first-order chi connectivity index (χ1) is 14.8. The van der Waals surface area contributed by atoms with Crippen molar-refractivity contribution in [3.63, 3.8) is 0 Å². The number of nitrogens with zero attached hydrogens (tertiary/aromatic N) is 1. The van der Waals surface area contributed by atoms with Gasteiger partial charge in [0.05, 0.1) is 34.8 Å². The monoisotopic (exact) mass is 464 g/mol. The number of anilines is 1. The topological polar surface area (TPSA) is 84.9 Å². The minimum absolute atomic E-state index is 0.119. The number of thiophene rings is 1. The Labute approximate surface area is 187 Å². The first-order valence-corrected chi connectivity index (χ1v) is 12.9. The molecule has 1 aromatic carbocycles. The number of rotatable bonds is 6. The minimum Gasteiger partial charge on any atom is -0.489 e. The highest BCUT2D eigenvalue weighted by atomic mass is 32.2. The van der Waals surface area contributed by atoms with E-state index in [1.54, 1.807) is 6.07 Å². The molecule has 1 aliphatic heterocycles. The summed E-state index contributed by atoms with van der Waals surface area (Å²) in [5, 5.41) is 2.90. The summed E-state index contributed by atoms with van der Waals surface area (Å²) in [4.78, 5) is 15.0. The van der Waals surface area contributed by atoms with Crippen molar-refractivity contribution in [1.29, 1.82) is 0 Å². The summed E-state index contributed by atoms with van der Waals surface area (Å²) < 4.78 is 38.7. The Balaban J connectivity index is 1.63. The van der Waals surface area contributed by atoms with Gasteiger partial charge >= 0.3 is 0 Å². The molecule has 0 radical (unpaired) electrons. The highest BCUT2D eigenvalue weighted by molar-refractivity contribution is 7.89. The van der Waals surface area contributed by atoms with Crippen LogP contribution in [0.4, 0.5) is 5.69 Å². The van der Waals surface area contributed by atoms with Crippen molar-refractivity contribution in [2.24, 2.45) is 0 Å². The zero-order chi connectivity index (χ0) is 22.0. The van der Waals surface area contributed by atoms with Crippen LogP contribution in [0.1, 0.15) is 46.8 Å². The SMILES string of the molecule is CC(C)Oc1ccc(S(=O)(=O)N2CCOCC2)cc1NC(=O)c1cc2c(s1)CCCC2. The molecule has 1 aromatic heterocycles. The zero-order valence-corrected chi connectivity index (χ0v) is 19.5. The highest BCUT2D eigenvalue weighted by Crippen LogP contribution is 2.33. The lowest BCUT2D eigenvalue weighted by atomic mass is 9.99. The van der Waals surface area contributed by atoms with E-state index in [-0.39, 0.29) is 16.9 Å². The van der Waals surface area contributed by atoms with Crippen molar-refractivity contribution < 1.29 is 22.7 Å². The number of aryl methyl sites for hydroxylation is 2. The van der Waals surface area contributed by atoms with Gasteiger partial charge in [-0.3, -0.25) is 4.79 Å². The van der Waals surface area contributed by atoms with Gasteiger partial charge in [0.25, 0.3) is 5.91 Å². The van der Waals surface area contributed by atoms with E-state index in [0.29, 0.717) is 42.6 Å². The predicted octanol–water partition coefficient (Wildman–Crippen LogP) is 3.69. The van der Waals surface area contributed by atoms with E-state index >= 15 is 0 Å². The summed E-state index contributed by atoms with van der Waals surface area (Å²) in [6, 6.07) is 6.60. The van der Waals surface area contributed by atoms with Crippen LogP contribution in [0.5, 0.6) is 5.75 Å². The standard InChI is InChI=1S/C22H28N2O5S2/c1-15(2)29-19-8-7-17(31(26,27)24-9-11-28-12-10-24)14-18(19)23-22(25)21-13-16-5-3-4-6-20(16)30-21/h7-8,13-15H,3-6,9-12H2,1-2H3,(H,23,25). The van der Waals surface area contributed by atoms with Gasteiger partial charge < -0.3 is 14.8 Å². The molecule has 9 heteroatoms. The summed E-state index contributed by atoms with van der Waals surface area (Å²) in [5.41, 5.74) is 1.61. The van der Waals surface area contributed by atoms with Crippen LogP contribution in [0.25, 0.3) is 0 Å². The summed E-state index contributed by atoms with van der Waals surface area (Å²) in [6.45, 7) is 5.15. The molecule has 1 fully saturated rings. The first kappa shape index (κ1) is 22.3. The number of hydrogen-bond donors (Lipinski definition) is 1. The quantitative estimate of drug-likeness (QED) is 0.705. The van der Waals surface area contributed by atoms with Crippen molar-refractivity contribution in [1.82, 2.24) is 4.31 Å². The molecule has 0 atom stereocenters. The average molecular weight is 465 g/mol. The van der Waals surface area contributed by atoms with Crippen molar-refractivity contribution >= 4 is 33.0 Å². The van der Waals surface area contributed by atoms with E-state index in [0.717, 1.165) is 25.7 Å². The molecule has 2 heterocycles. The average Bonchev–Trinajstić information content (AvgIpc) is 3.19. The number of morpholine rings is 1. The molecule has 1 saturated heterocycles. The summed E-state index contributed by atoms with van der Waals surface area (Å²) in [5.74, 6) is 0.208. The molecule has 0 saturated carbocycles. The molecule has 7 nitrogen and oxygen atoms in total. The van der Waals surface area contributed by atoms with Crippen molar-refractivity contribution in [3.05, 3.63) is 39.6 Å². The first-order valence-electron chi connectivity index (χ1n) is 10.7. The summed E-state index contributed by atoms with van der Waals surface area (Å²) >= 11 is 1.52. The Morgan fingerprint density at radius 1 is 1.16 bits per heavy atom. The lowest BCUT2D eigenvalue weighted by Gasteiger charge is -2.26. The highest BCUT2D eigenvalue weighted by Gasteiger charge is 2.28. The molecule has 0 bridgehead atoms. The van der Waals surface area contributed by atoms with E-state index in [9.17, 15) is 13.2 Å². The Kier molecular flexibility index (Phi) is 6.66. The lowest BCUT2D eigenvalue weighted by Crippen LogP contribution is -2.40. The summed E-state index contributed by atoms with van der Waals surface area (Å²) in [6.07, 6.45) is 4.21. The number of benzene rings is 1. The maximum atomic E-state index is 13.1. The van der Waals surface area contributed by atoms with Gasteiger partial charge in [0, 0.05) is 18.0 Å². The third-order valence-corrected chi connectivity index (χ3v) is 8.52. The Morgan fingerprint density at radius 2 is 1.90 bits per heavy atom. The molecule has 31 heavy (non-hydrogen) atoms. The van der Waals surface area contributed by atoms with E-state index in [4.69, 9.17) is 9.47 Å². The van der Waals surface area contributed by atoms with Crippen molar-refractivity contribution in [3.8, 4) is 5.75 Å². The third kappa shape index (κ3) is 4.95. The van der Waals surface area contributed by atoms with Gasteiger partial charge in [-0.1, -0.05) is 0 Å². The van der Waals surface area contributed by atoms with Crippen LogP contribution in [0.15, 0.2) is 29.2 Å². The van der Waals surface area contributed by atoms with Gasteiger partial charge in [-0.25, -0.2) is 8.42 Å². The van der Waals surface area contributed by atoms with Gasteiger partial charge in [0.15, 0.2) is 0 Å². The predicted molar refractivity (Wildman–Crippen MR) is 121 cm³/mol. The van der Waals surface area contributed by atoms with Crippen LogP contribution in [0.2, 0.25) is 0 Å². The van der Waals surface area contributed by atoms with Crippen LogP contribution in [-0.2, 0) is 27.6 Å². The second-order valence-corrected chi connectivity index (χ2v) is 11.1. The lowest BCUT2D eigenvalue weighted by molar-refractivity contribution is 0.0730. The van der Waals surface area contributed by atoms with Crippen molar-refractivity contribution in [2.45, 2.75) is 50.5 Å². The van der Waals surface area contributed by atoms with E-state index in [1.807, 2.05) is 19.9 Å². The minimum atomic E-state index is -3.68. The fourth-order valence-electron chi connectivity index (χ4n) is 3.85. The number of hydrogen-bond acceptors (Lipinski definition) is 6. The molecule has 2 aromatic rings. The Bertz CT molecular complexity index is 1030. The third-order valence-electron chi connectivity index (χ3n) is 5.39. The molecule has 1 N–H and O–H groups in total. The number of fused-ring (bicyclic) bond motifs is 1. The van der Waals surface area contributed by atoms with E-state index in [2.05, 4.69) is 5.32 Å². The Hall–Kier alpha value is -1.94.